The van der Waals surface area contributed by atoms with E-state index in [9.17, 15) is 18.5 Å². The van der Waals surface area contributed by atoms with Crippen LogP contribution in [0.1, 0.15) is 13.3 Å². The van der Waals surface area contributed by atoms with Crippen LogP contribution in [0.5, 0.6) is 0 Å². The van der Waals surface area contributed by atoms with Crippen LogP contribution in [0.25, 0.3) is 0 Å². The molecule has 23 heavy (non-hydrogen) atoms. The molecule has 0 aliphatic carbocycles. The largest absolute Gasteiger partial charge is 0.366 e. The number of piperidine rings is 1. The zero-order valence-corrected chi connectivity index (χ0v) is 14.3. The van der Waals surface area contributed by atoms with Crippen molar-refractivity contribution in [2.45, 2.75) is 24.3 Å². The Kier molecular flexibility index (Phi) is 4.92. The Morgan fingerprint density at radius 2 is 2.04 bits per heavy atom. The first-order valence-electron chi connectivity index (χ1n) is 7.36. The van der Waals surface area contributed by atoms with Gasteiger partial charge in [-0.05, 0) is 24.5 Å². The van der Waals surface area contributed by atoms with Gasteiger partial charge in [0.05, 0.1) is 9.82 Å². The van der Waals surface area contributed by atoms with Gasteiger partial charge in [0, 0.05) is 39.3 Å². The van der Waals surface area contributed by atoms with Crippen molar-refractivity contribution in [3.05, 3.63) is 28.3 Å². The number of nitro groups is 1. The summed E-state index contributed by atoms with van der Waals surface area (Å²) < 4.78 is 25.4. The van der Waals surface area contributed by atoms with E-state index in [1.54, 1.807) is 0 Å². The summed E-state index contributed by atoms with van der Waals surface area (Å²) in [6, 6.07) is 4.14. The van der Waals surface area contributed by atoms with Crippen LogP contribution in [0.2, 0.25) is 0 Å². The molecule has 128 valence electrons. The lowest BCUT2D eigenvalue weighted by Gasteiger charge is -2.36. The van der Waals surface area contributed by atoms with E-state index in [4.69, 9.17) is 5.73 Å². The van der Waals surface area contributed by atoms with Gasteiger partial charge in [0.1, 0.15) is 5.69 Å². The third-order valence-corrected chi connectivity index (χ3v) is 6.05. The Hall–Kier alpha value is -1.71. The minimum absolute atomic E-state index is 0.0821. The maximum atomic E-state index is 12.2. The molecule has 2 N–H and O–H groups in total. The summed E-state index contributed by atoms with van der Waals surface area (Å²) in [5, 5.41) is 11.4. The van der Waals surface area contributed by atoms with Gasteiger partial charge < -0.3 is 10.6 Å². The molecule has 9 heteroatoms. The number of anilines is 1. The van der Waals surface area contributed by atoms with Crippen molar-refractivity contribution in [1.82, 2.24) is 4.31 Å². The van der Waals surface area contributed by atoms with E-state index < -0.39 is 14.9 Å². The molecule has 0 bridgehead atoms. The summed E-state index contributed by atoms with van der Waals surface area (Å²) in [5.74, 6) is 0.216. The van der Waals surface area contributed by atoms with E-state index in [2.05, 4.69) is 0 Å². The predicted molar refractivity (Wildman–Crippen MR) is 87.9 cm³/mol. The third kappa shape index (κ3) is 3.46. The lowest BCUT2D eigenvalue weighted by Crippen LogP contribution is -2.46. The van der Waals surface area contributed by atoms with Crippen molar-refractivity contribution in [3.63, 3.8) is 0 Å². The van der Waals surface area contributed by atoms with Crippen LogP contribution < -0.4 is 10.6 Å². The molecule has 0 amide bonds. The Morgan fingerprint density at radius 1 is 1.39 bits per heavy atom. The number of hydrogen-bond acceptors (Lipinski definition) is 6. The summed E-state index contributed by atoms with van der Waals surface area (Å²) in [7, 11) is -0.926. The first-order valence-corrected chi connectivity index (χ1v) is 8.80. The zero-order chi connectivity index (χ0) is 17.4. The second-order valence-corrected chi connectivity index (χ2v) is 8.22. The van der Waals surface area contributed by atoms with E-state index in [0.717, 1.165) is 16.8 Å². The van der Waals surface area contributed by atoms with E-state index in [1.807, 2.05) is 11.8 Å². The van der Waals surface area contributed by atoms with Crippen LogP contribution in [-0.2, 0) is 10.0 Å². The van der Waals surface area contributed by atoms with Crippen LogP contribution in [0.15, 0.2) is 23.1 Å². The molecule has 1 aromatic rings. The van der Waals surface area contributed by atoms with Crippen molar-refractivity contribution in [3.8, 4) is 0 Å². The molecular formula is C14H22N4O4S. The highest BCUT2D eigenvalue weighted by Gasteiger charge is 2.29. The van der Waals surface area contributed by atoms with Crippen molar-refractivity contribution in [1.29, 1.82) is 0 Å². The quantitative estimate of drug-likeness (QED) is 0.646. The molecule has 0 aromatic heterocycles. The molecule has 1 aromatic carbocycles. The number of sulfonamides is 1. The molecule has 1 saturated heterocycles. The molecule has 8 nitrogen and oxygen atoms in total. The van der Waals surface area contributed by atoms with Crippen LogP contribution in [0.4, 0.5) is 11.4 Å². The summed E-state index contributed by atoms with van der Waals surface area (Å²) >= 11 is 0. The highest BCUT2D eigenvalue weighted by molar-refractivity contribution is 7.89. The fourth-order valence-corrected chi connectivity index (χ4v) is 3.59. The third-order valence-electron chi connectivity index (χ3n) is 4.23. The monoisotopic (exact) mass is 342 g/mol. The second kappa shape index (κ2) is 6.42. The molecule has 0 spiro atoms. The molecular weight excluding hydrogens is 320 g/mol. The van der Waals surface area contributed by atoms with E-state index >= 15 is 0 Å². The number of rotatable bonds is 4. The van der Waals surface area contributed by atoms with Crippen molar-refractivity contribution in [2.75, 3.05) is 32.1 Å². The minimum atomic E-state index is -3.71. The first kappa shape index (κ1) is 17.6. The van der Waals surface area contributed by atoms with Gasteiger partial charge in [-0.1, -0.05) is 6.92 Å². The topological polar surface area (TPSA) is 110 Å². The van der Waals surface area contributed by atoms with Gasteiger partial charge in [-0.15, -0.1) is 0 Å². The van der Waals surface area contributed by atoms with E-state index in [0.29, 0.717) is 18.8 Å². The van der Waals surface area contributed by atoms with Crippen LogP contribution >= 0.6 is 0 Å². The number of nitro benzene ring substituents is 1. The highest BCUT2D eigenvalue weighted by Crippen LogP contribution is 2.33. The van der Waals surface area contributed by atoms with Crippen molar-refractivity contribution in [2.24, 2.45) is 11.7 Å². The normalized spacial score (nSPS) is 22.4. The average Bonchev–Trinajstić information content (AvgIpc) is 2.49. The molecule has 2 rings (SSSR count). The van der Waals surface area contributed by atoms with Gasteiger partial charge in [-0.25, -0.2) is 12.7 Å². The maximum Gasteiger partial charge on any atom is 0.293 e. The summed E-state index contributed by atoms with van der Waals surface area (Å²) in [6.45, 7) is 3.24. The molecule has 2 atom stereocenters. The lowest BCUT2D eigenvalue weighted by molar-refractivity contribution is -0.384. The van der Waals surface area contributed by atoms with Crippen LogP contribution in [0, 0.1) is 16.0 Å². The van der Waals surface area contributed by atoms with Gasteiger partial charge >= 0.3 is 0 Å². The standard InChI is InChI=1S/C14H22N4O4S/c1-10-9-17(7-6-12(10)15)13-5-4-11(8-14(13)18(19)20)23(21,22)16(2)3/h4-5,8,10,12H,6-7,9,15H2,1-3H3. The average molecular weight is 342 g/mol. The number of nitrogens with zero attached hydrogens (tertiary/aromatic N) is 3. The number of nitrogens with two attached hydrogens (primary N) is 1. The maximum absolute atomic E-state index is 12.2. The smallest absolute Gasteiger partial charge is 0.293 e. The predicted octanol–water partition coefficient (Wildman–Crippen LogP) is 1.02. The molecule has 1 fully saturated rings. The SMILES string of the molecule is CC1CN(c2ccc(S(=O)(=O)N(C)C)cc2[N+](=O)[O-])CCC1N. The van der Waals surface area contributed by atoms with Crippen molar-refractivity contribution < 1.29 is 13.3 Å². The Morgan fingerprint density at radius 3 is 2.57 bits per heavy atom. The van der Waals surface area contributed by atoms with E-state index in [1.165, 1.54) is 26.2 Å². The summed E-state index contributed by atoms with van der Waals surface area (Å²) in [5.41, 5.74) is 6.22. The Bertz CT molecular complexity index is 705. The van der Waals surface area contributed by atoms with Gasteiger partial charge in [-0.3, -0.25) is 10.1 Å². The fraction of sp³-hybridized carbons (Fsp3) is 0.571. The van der Waals surface area contributed by atoms with Gasteiger partial charge in [0.15, 0.2) is 0 Å². The number of hydrogen-bond donors (Lipinski definition) is 1. The highest BCUT2D eigenvalue weighted by atomic mass is 32.2. The molecule has 2 unspecified atom stereocenters. The van der Waals surface area contributed by atoms with Gasteiger partial charge in [0.2, 0.25) is 10.0 Å². The second-order valence-electron chi connectivity index (χ2n) is 6.07. The minimum Gasteiger partial charge on any atom is -0.366 e. The molecule has 0 radical (unpaired) electrons. The van der Waals surface area contributed by atoms with Crippen LogP contribution in [-0.4, -0.2) is 50.9 Å². The van der Waals surface area contributed by atoms with Crippen LogP contribution in [0.3, 0.4) is 0 Å². The summed E-state index contributed by atoms with van der Waals surface area (Å²) in [4.78, 5) is 12.7. The number of benzene rings is 1. The molecule has 1 heterocycles. The molecule has 0 saturated carbocycles. The molecule has 1 aliphatic rings. The van der Waals surface area contributed by atoms with Gasteiger partial charge in [-0.2, -0.15) is 0 Å². The first-order chi connectivity index (χ1) is 10.6. The lowest BCUT2D eigenvalue weighted by atomic mass is 9.94. The zero-order valence-electron chi connectivity index (χ0n) is 13.5. The van der Waals surface area contributed by atoms with Crippen molar-refractivity contribution >= 4 is 21.4 Å². The summed E-state index contributed by atoms with van der Waals surface area (Å²) in [6.07, 6.45) is 0.746. The fourth-order valence-electron chi connectivity index (χ4n) is 2.67. The van der Waals surface area contributed by atoms with Gasteiger partial charge in [0.25, 0.3) is 5.69 Å². The molecule has 1 aliphatic heterocycles. The Labute approximate surface area is 136 Å². The Balaban J connectivity index is 2.44. The van der Waals surface area contributed by atoms with E-state index in [-0.39, 0.29) is 22.5 Å².